The fourth-order valence-corrected chi connectivity index (χ4v) is 0.327. The van der Waals surface area contributed by atoms with E-state index >= 15 is 0 Å². The molecule has 0 bridgehead atoms. The highest BCUT2D eigenvalue weighted by Crippen LogP contribution is 1.69. The lowest BCUT2D eigenvalue weighted by Crippen LogP contribution is -2.26. The fourth-order valence-electron chi connectivity index (χ4n) is 0.327. The minimum Gasteiger partial charge on any atom is -0.453 e. The zero-order chi connectivity index (χ0) is 7.11. The summed E-state index contributed by atoms with van der Waals surface area (Å²) in [4.78, 5) is 10.3. The van der Waals surface area contributed by atoms with Gasteiger partial charge in [-0.1, -0.05) is 0 Å². The van der Waals surface area contributed by atoms with Crippen molar-refractivity contribution in [2.75, 3.05) is 27.4 Å². The molecule has 0 heterocycles. The summed E-state index contributed by atoms with van der Waals surface area (Å²) < 4.78 is 8.96. The van der Waals surface area contributed by atoms with Crippen molar-refractivity contribution in [1.29, 1.82) is 0 Å². The molecule has 0 saturated heterocycles. The zero-order valence-electron chi connectivity index (χ0n) is 5.64. The minimum atomic E-state index is -0.424. The van der Waals surface area contributed by atoms with Gasteiger partial charge in [0.25, 0.3) is 0 Å². The van der Waals surface area contributed by atoms with Crippen LogP contribution >= 0.6 is 0 Å². The third-order valence-electron chi connectivity index (χ3n) is 0.761. The number of amides is 1. The molecule has 0 aromatic carbocycles. The van der Waals surface area contributed by atoms with Crippen LogP contribution in [0.5, 0.6) is 0 Å². The normalized spacial score (nSPS) is 8.67. The van der Waals surface area contributed by atoms with Gasteiger partial charge in [-0.2, -0.15) is 0 Å². The van der Waals surface area contributed by atoms with Gasteiger partial charge in [-0.05, 0) is 0 Å². The molecular formula is C5H11NO3. The van der Waals surface area contributed by atoms with E-state index in [9.17, 15) is 4.79 Å². The first-order chi connectivity index (χ1) is 4.31. The van der Waals surface area contributed by atoms with Crippen LogP contribution in [0.25, 0.3) is 0 Å². The van der Waals surface area contributed by atoms with Crippen LogP contribution in [-0.4, -0.2) is 33.5 Å². The molecule has 0 aromatic heterocycles. The number of ether oxygens (including phenoxy) is 2. The molecule has 4 nitrogen and oxygen atoms in total. The summed E-state index contributed by atoms with van der Waals surface area (Å²) in [5.74, 6) is 0. The zero-order valence-corrected chi connectivity index (χ0v) is 5.64. The maximum absolute atomic E-state index is 10.3. The van der Waals surface area contributed by atoms with Gasteiger partial charge in [0.05, 0.1) is 13.7 Å². The Hall–Kier alpha value is -0.770. The third-order valence-corrected chi connectivity index (χ3v) is 0.761. The molecule has 0 rings (SSSR count). The second-order valence-corrected chi connectivity index (χ2v) is 1.41. The van der Waals surface area contributed by atoms with E-state index in [0.29, 0.717) is 13.2 Å². The Morgan fingerprint density at radius 1 is 1.56 bits per heavy atom. The second-order valence-electron chi connectivity index (χ2n) is 1.41. The van der Waals surface area contributed by atoms with Crippen LogP contribution in [0.15, 0.2) is 0 Å². The largest absolute Gasteiger partial charge is 0.453 e. The minimum absolute atomic E-state index is 0.424. The molecule has 0 spiro atoms. The van der Waals surface area contributed by atoms with Crippen molar-refractivity contribution in [2.24, 2.45) is 0 Å². The maximum Gasteiger partial charge on any atom is 0.406 e. The lowest BCUT2D eigenvalue weighted by Gasteiger charge is -2.00. The number of alkyl carbamates (subject to hydrolysis) is 1. The summed E-state index contributed by atoms with van der Waals surface area (Å²) in [6, 6.07) is 0. The summed E-state index contributed by atoms with van der Waals surface area (Å²) in [5.41, 5.74) is 0. The van der Waals surface area contributed by atoms with Crippen LogP contribution in [0, 0.1) is 0 Å². The monoisotopic (exact) mass is 133 g/mol. The van der Waals surface area contributed by atoms with E-state index in [1.54, 1.807) is 7.11 Å². The molecule has 4 heteroatoms. The van der Waals surface area contributed by atoms with Gasteiger partial charge in [0.15, 0.2) is 0 Å². The van der Waals surface area contributed by atoms with Crippen LogP contribution < -0.4 is 5.32 Å². The quantitative estimate of drug-likeness (QED) is 0.551. The van der Waals surface area contributed by atoms with Gasteiger partial charge in [-0.15, -0.1) is 0 Å². The third kappa shape index (κ3) is 5.10. The van der Waals surface area contributed by atoms with Crippen LogP contribution in [0.2, 0.25) is 0 Å². The Balaban J connectivity index is 2.97. The van der Waals surface area contributed by atoms with E-state index < -0.39 is 6.09 Å². The summed E-state index contributed by atoms with van der Waals surface area (Å²) in [6.07, 6.45) is -0.424. The molecule has 0 aromatic rings. The van der Waals surface area contributed by atoms with Crippen molar-refractivity contribution in [1.82, 2.24) is 5.32 Å². The molecule has 9 heavy (non-hydrogen) atoms. The van der Waals surface area contributed by atoms with Crippen LogP contribution in [0.3, 0.4) is 0 Å². The Morgan fingerprint density at radius 2 is 2.22 bits per heavy atom. The molecule has 0 fully saturated rings. The molecule has 0 unspecified atom stereocenters. The van der Waals surface area contributed by atoms with Gasteiger partial charge >= 0.3 is 6.09 Å². The van der Waals surface area contributed by atoms with Crippen LogP contribution in [0.4, 0.5) is 4.79 Å². The first kappa shape index (κ1) is 8.23. The topological polar surface area (TPSA) is 47.6 Å². The molecule has 0 saturated carbocycles. The molecular weight excluding hydrogens is 122 g/mol. The van der Waals surface area contributed by atoms with Crippen LogP contribution in [0.1, 0.15) is 0 Å². The van der Waals surface area contributed by atoms with E-state index in [2.05, 4.69) is 14.8 Å². The predicted octanol–water partition coefficient (Wildman–Crippen LogP) is -0.0112. The number of hydrogen-bond donors (Lipinski definition) is 1. The van der Waals surface area contributed by atoms with Gasteiger partial charge in [0.1, 0.15) is 0 Å². The molecule has 0 aliphatic rings. The number of carbonyl (C=O) groups is 1. The molecule has 0 atom stereocenters. The fraction of sp³-hybridized carbons (Fsp3) is 0.800. The predicted molar refractivity (Wildman–Crippen MR) is 32.3 cm³/mol. The lowest BCUT2D eigenvalue weighted by atomic mass is 10.7. The van der Waals surface area contributed by atoms with E-state index in [-0.39, 0.29) is 0 Å². The van der Waals surface area contributed by atoms with Gasteiger partial charge in [0.2, 0.25) is 0 Å². The average molecular weight is 133 g/mol. The van der Waals surface area contributed by atoms with Crippen molar-refractivity contribution in [2.45, 2.75) is 0 Å². The molecule has 0 aliphatic carbocycles. The van der Waals surface area contributed by atoms with Crippen LogP contribution in [-0.2, 0) is 9.47 Å². The molecule has 0 aliphatic heterocycles. The Morgan fingerprint density at radius 3 is 2.67 bits per heavy atom. The summed E-state index contributed by atoms with van der Waals surface area (Å²) >= 11 is 0. The highest BCUT2D eigenvalue weighted by molar-refractivity contribution is 5.66. The van der Waals surface area contributed by atoms with Crippen molar-refractivity contribution >= 4 is 6.09 Å². The number of hydrogen-bond acceptors (Lipinski definition) is 3. The number of carbonyl (C=O) groups excluding carboxylic acids is 1. The average Bonchev–Trinajstić information content (AvgIpc) is 1.89. The van der Waals surface area contributed by atoms with Crippen molar-refractivity contribution < 1.29 is 14.3 Å². The molecule has 54 valence electrons. The molecule has 1 amide bonds. The first-order valence-electron chi connectivity index (χ1n) is 2.62. The number of methoxy groups -OCH3 is 2. The van der Waals surface area contributed by atoms with Gasteiger partial charge in [-0.3, -0.25) is 0 Å². The second kappa shape index (κ2) is 5.37. The highest BCUT2D eigenvalue weighted by Gasteiger charge is 1.93. The molecule has 1 N–H and O–H groups in total. The molecule has 0 radical (unpaired) electrons. The maximum atomic E-state index is 10.3. The smallest absolute Gasteiger partial charge is 0.406 e. The van der Waals surface area contributed by atoms with Gasteiger partial charge in [-0.25, -0.2) is 4.79 Å². The SMILES string of the molecule is COCCNC(=O)OC. The van der Waals surface area contributed by atoms with E-state index in [4.69, 9.17) is 0 Å². The van der Waals surface area contributed by atoms with Crippen molar-refractivity contribution in [3.63, 3.8) is 0 Å². The van der Waals surface area contributed by atoms with Crippen molar-refractivity contribution in [3.8, 4) is 0 Å². The summed E-state index contributed by atoms with van der Waals surface area (Å²) in [7, 11) is 2.89. The Labute approximate surface area is 54.1 Å². The lowest BCUT2D eigenvalue weighted by molar-refractivity contribution is 0.160. The highest BCUT2D eigenvalue weighted by atomic mass is 16.5. The first-order valence-corrected chi connectivity index (χ1v) is 2.62. The van der Waals surface area contributed by atoms with Crippen molar-refractivity contribution in [3.05, 3.63) is 0 Å². The number of nitrogens with one attached hydrogen (secondary N) is 1. The Bertz CT molecular complexity index is 84.3. The Kier molecular flexibility index (Phi) is 4.91. The van der Waals surface area contributed by atoms with E-state index in [1.807, 2.05) is 0 Å². The van der Waals surface area contributed by atoms with E-state index in [0.717, 1.165) is 0 Å². The van der Waals surface area contributed by atoms with E-state index in [1.165, 1.54) is 7.11 Å². The van der Waals surface area contributed by atoms with Gasteiger partial charge in [0, 0.05) is 13.7 Å². The number of rotatable bonds is 3. The van der Waals surface area contributed by atoms with Gasteiger partial charge < -0.3 is 14.8 Å². The standard InChI is InChI=1S/C5H11NO3/c1-8-4-3-6-5(7)9-2/h3-4H2,1-2H3,(H,6,7). The summed E-state index contributed by atoms with van der Waals surface area (Å²) in [6.45, 7) is 0.998. The summed E-state index contributed by atoms with van der Waals surface area (Å²) in [5, 5.41) is 2.45.